The lowest BCUT2D eigenvalue weighted by Crippen LogP contribution is -2.64. The van der Waals surface area contributed by atoms with E-state index in [1.54, 1.807) is 4.90 Å². The zero-order valence-electron chi connectivity index (χ0n) is 33.1. The van der Waals surface area contributed by atoms with Crippen LogP contribution in [-0.4, -0.2) is 76.7 Å². The average molecular weight is 748 g/mol. The molecule has 0 aromatic heterocycles. The topological polar surface area (TPSA) is 163 Å². The first-order valence-electron chi connectivity index (χ1n) is 20.3. The van der Waals surface area contributed by atoms with Crippen LogP contribution in [-0.2, 0) is 35.3 Å². The van der Waals surface area contributed by atoms with Gasteiger partial charge in [-0.1, -0.05) is 104 Å². The standard InChI is InChI=1S/C42H61N5O7/c1-7-15-29(31(48)34(50)43-28-18-19-28)44-33(49)30-24-42(39(5,6)41(42)22-14-23-41)26-47(30)35(51)32(38(2,3)4)45-37(53)46-40(20-12-9-13-21-40)36(52)54-25-27-16-10-8-11-17-27/h8,10-11,16-17,28-30,32H,7,9,12-15,18-26H2,1-6H3,(H,43,50)(H,44,49)(H2,45,46,53)/t29?,30-,32?,42+/m0/s1. The Balaban J connectivity index is 1.22. The fraction of sp³-hybridized carbons (Fsp3) is 0.714. The van der Waals surface area contributed by atoms with Gasteiger partial charge in [-0.15, -0.1) is 0 Å². The molecule has 5 fully saturated rings. The molecule has 5 aliphatic rings. The van der Waals surface area contributed by atoms with Crippen molar-refractivity contribution >= 4 is 35.5 Å². The van der Waals surface area contributed by atoms with Crippen LogP contribution in [0.4, 0.5) is 4.79 Å². The number of ether oxygens (including phenoxy) is 1. The average Bonchev–Trinajstić information content (AvgIpc) is 3.94. The molecule has 12 heteroatoms. The SMILES string of the molecule is CCCC(NC(=O)[C@@H]1C[C@@]2(CN1C(=O)C(NC(=O)NC1(C(=O)OCc3ccccc3)CCCCC1)C(C)(C)C)C(C)(C)C21CCC1)C(=O)C(=O)NC1CC1. The zero-order chi connectivity index (χ0) is 39.1. The van der Waals surface area contributed by atoms with E-state index < -0.39 is 58.7 Å². The van der Waals surface area contributed by atoms with Crippen LogP contribution >= 0.6 is 0 Å². The number of fused-ring (bicyclic) bond motifs is 1. The van der Waals surface area contributed by atoms with Gasteiger partial charge in [-0.3, -0.25) is 19.2 Å². The third-order valence-electron chi connectivity index (χ3n) is 13.8. The Kier molecular flexibility index (Phi) is 11.0. The van der Waals surface area contributed by atoms with Crippen molar-refractivity contribution in [3.05, 3.63) is 35.9 Å². The van der Waals surface area contributed by atoms with Crippen LogP contribution in [0, 0.1) is 21.7 Å². The maximum atomic E-state index is 14.9. The number of Topliss-reactive ketones (excluding diaryl/α,β-unsaturated/α-hetero) is 1. The number of rotatable bonds is 13. The van der Waals surface area contributed by atoms with Gasteiger partial charge in [0.1, 0.15) is 24.2 Å². The Labute approximate surface area is 320 Å². The lowest BCUT2D eigenvalue weighted by atomic mass is 9.73. The number of urea groups is 1. The summed E-state index contributed by atoms with van der Waals surface area (Å²) in [6, 6.07) is 5.82. The van der Waals surface area contributed by atoms with E-state index in [4.69, 9.17) is 4.74 Å². The Bertz CT molecular complexity index is 1620. The summed E-state index contributed by atoms with van der Waals surface area (Å²) in [4.78, 5) is 84.6. The van der Waals surface area contributed by atoms with Crippen molar-refractivity contribution in [2.75, 3.05) is 6.54 Å². The van der Waals surface area contributed by atoms with Gasteiger partial charge >= 0.3 is 12.0 Å². The number of nitrogens with zero attached hydrogens (tertiary/aromatic N) is 1. The number of carbonyl (C=O) groups excluding carboxylic acids is 6. The van der Waals surface area contributed by atoms with Gasteiger partial charge < -0.3 is 30.9 Å². The van der Waals surface area contributed by atoms with Crippen LogP contribution in [0.3, 0.4) is 0 Å². The van der Waals surface area contributed by atoms with Gasteiger partial charge in [0.25, 0.3) is 5.91 Å². The van der Waals surface area contributed by atoms with E-state index in [2.05, 4.69) is 35.1 Å². The molecule has 4 atom stereocenters. The molecule has 1 aliphatic heterocycles. The largest absolute Gasteiger partial charge is 0.459 e. The highest BCUT2D eigenvalue weighted by Gasteiger charge is 2.85. The van der Waals surface area contributed by atoms with E-state index in [9.17, 15) is 28.8 Å². The van der Waals surface area contributed by atoms with Crippen molar-refractivity contribution in [3.63, 3.8) is 0 Å². The summed E-state index contributed by atoms with van der Waals surface area (Å²) in [6.07, 6.45) is 9.42. The fourth-order valence-electron chi connectivity index (χ4n) is 10.1. The highest BCUT2D eigenvalue weighted by molar-refractivity contribution is 6.38. The number of likely N-dealkylation sites (tertiary alicyclic amines) is 1. The van der Waals surface area contributed by atoms with Crippen molar-refractivity contribution in [1.82, 2.24) is 26.2 Å². The molecule has 1 saturated heterocycles. The van der Waals surface area contributed by atoms with Crippen molar-refractivity contribution in [3.8, 4) is 0 Å². The van der Waals surface area contributed by atoms with Gasteiger partial charge in [0, 0.05) is 18.0 Å². The highest BCUT2D eigenvalue weighted by Crippen LogP contribution is 2.88. The summed E-state index contributed by atoms with van der Waals surface area (Å²) in [7, 11) is 0. The lowest BCUT2D eigenvalue weighted by Gasteiger charge is -2.38. The molecule has 1 heterocycles. The molecule has 54 heavy (non-hydrogen) atoms. The number of ketones is 1. The van der Waals surface area contributed by atoms with Crippen molar-refractivity contribution in [1.29, 1.82) is 0 Å². The van der Waals surface area contributed by atoms with Gasteiger partial charge in [-0.2, -0.15) is 0 Å². The lowest BCUT2D eigenvalue weighted by molar-refractivity contribution is -0.154. The molecule has 1 aromatic rings. The maximum absolute atomic E-state index is 14.9. The van der Waals surface area contributed by atoms with Crippen LogP contribution < -0.4 is 21.3 Å². The Morgan fingerprint density at radius 2 is 1.56 bits per heavy atom. The van der Waals surface area contributed by atoms with Crippen LogP contribution in [0.1, 0.15) is 131 Å². The van der Waals surface area contributed by atoms with Gasteiger partial charge in [-0.05, 0) is 73.2 Å². The van der Waals surface area contributed by atoms with Crippen molar-refractivity contribution < 1.29 is 33.5 Å². The van der Waals surface area contributed by atoms with Crippen LogP contribution in [0.5, 0.6) is 0 Å². The maximum Gasteiger partial charge on any atom is 0.332 e. The quantitative estimate of drug-likeness (QED) is 0.162. The van der Waals surface area contributed by atoms with Gasteiger partial charge in [0.15, 0.2) is 0 Å². The first-order valence-corrected chi connectivity index (χ1v) is 20.3. The molecule has 2 spiro atoms. The summed E-state index contributed by atoms with van der Waals surface area (Å²) in [5.41, 5.74) is -1.53. The Hall–Kier alpha value is -3.96. The van der Waals surface area contributed by atoms with E-state index in [-0.39, 0.29) is 34.8 Å². The van der Waals surface area contributed by atoms with Gasteiger partial charge in [-0.25, -0.2) is 9.59 Å². The molecule has 0 bridgehead atoms. The molecule has 4 saturated carbocycles. The first kappa shape index (κ1) is 39.7. The number of amides is 5. The van der Waals surface area contributed by atoms with Crippen LogP contribution in [0.2, 0.25) is 0 Å². The molecule has 4 N–H and O–H groups in total. The minimum atomic E-state index is -1.23. The third-order valence-corrected chi connectivity index (χ3v) is 13.8. The second kappa shape index (κ2) is 14.9. The highest BCUT2D eigenvalue weighted by atomic mass is 16.5. The van der Waals surface area contributed by atoms with E-state index in [1.165, 1.54) is 0 Å². The van der Waals surface area contributed by atoms with Gasteiger partial charge in [0.05, 0.1) is 6.04 Å². The summed E-state index contributed by atoms with van der Waals surface area (Å²) >= 11 is 0. The monoisotopic (exact) mass is 747 g/mol. The summed E-state index contributed by atoms with van der Waals surface area (Å²) in [5.74, 6) is -2.70. The molecule has 296 valence electrons. The molecule has 2 unspecified atom stereocenters. The number of nitrogens with one attached hydrogen (secondary N) is 4. The smallest absolute Gasteiger partial charge is 0.332 e. The minimum Gasteiger partial charge on any atom is -0.459 e. The Morgan fingerprint density at radius 1 is 0.889 bits per heavy atom. The van der Waals surface area contributed by atoms with E-state index >= 15 is 0 Å². The van der Waals surface area contributed by atoms with Crippen LogP contribution in [0.15, 0.2) is 30.3 Å². The van der Waals surface area contributed by atoms with E-state index in [0.717, 1.165) is 56.9 Å². The first-order chi connectivity index (χ1) is 25.5. The predicted molar refractivity (Wildman–Crippen MR) is 203 cm³/mol. The summed E-state index contributed by atoms with van der Waals surface area (Å²) in [5, 5.41) is 11.5. The third kappa shape index (κ3) is 7.26. The number of benzene rings is 1. The number of esters is 1. The number of hydrogen-bond acceptors (Lipinski definition) is 7. The van der Waals surface area contributed by atoms with Crippen molar-refractivity contribution in [2.24, 2.45) is 21.7 Å². The predicted octanol–water partition coefficient (Wildman–Crippen LogP) is 5.08. The normalized spacial score (nSPS) is 25.8. The number of carbonyl (C=O) groups is 6. The molecule has 5 amide bonds. The fourth-order valence-corrected chi connectivity index (χ4v) is 10.1. The Morgan fingerprint density at radius 3 is 2.11 bits per heavy atom. The van der Waals surface area contributed by atoms with Gasteiger partial charge in [0.2, 0.25) is 17.6 Å². The molecular weight excluding hydrogens is 686 g/mol. The van der Waals surface area contributed by atoms with E-state index in [1.807, 2.05) is 58.0 Å². The van der Waals surface area contributed by atoms with Crippen LogP contribution in [0.25, 0.3) is 0 Å². The second-order valence-electron chi connectivity index (χ2n) is 18.4. The second-order valence-corrected chi connectivity index (χ2v) is 18.4. The molecule has 12 nitrogen and oxygen atoms in total. The summed E-state index contributed by atoms with van der Waals surface area (Å²) < 4.78 is 5.75. The molecule has 6 rings (SSSR count). The number of hydrogen-bond donors (Lipinski definition) is 4. The molecular formula is C42H61N5O7. The molecule has 4 aliphatic carbocycles. The molecule has 0 radical (unpaired) electrons. The van der Waals surface area contributed by atoms with E-state index in [0.29, 0.717) is 38.6 Å². The van der Waals surface area contributed by atoms with Crippen molar-refractivity contribution in [2.45, 2.75) is 161 Å². The molecule has 1 aromatic carbocycles. The summed E-state index contributed by atoms with van der Waals surface area (Å²) in [6.45, 7) is 12.4. The minimum absolute atomic E-state index is 0.00459. The zero-order valence-corrected chi connectivity index (χ0v) is 33.1.